The molecule has 6 rings (SSSR count). The smallest absolute Gasteiger partial charge is 0.316 e. The number of anilines is 2. The van der Waals surface area contributed by atoms with E-state index >= 15 is 0 Å². The van der Waals surface area contributed by atoms with Crippen molar-refractivity contribution < 1.29 is 28.7 Å². The zero-order valence-corrected chi connectivity index (χ0v) is 20.1. The highest BCUT2D eigenvalue weighted by molar-refractivity contribution is 6.22. The summed E-state index contributed by atoms with van der Waals surface area (Å²) in [5, 5.41) is 0. The summed E-state index contributed by atoms with van der Waals surface area (Å²) in [5.41, 5.74) is 1.22. The minimum atomic E-state index is -0.583. The SMILES string of the molecule is CCOc1ccc(N2C[C@H](C(=O)Oc3ccc(N4C(=O)[C@@H]5[C@H]6CC[C@@H](C6)[C@H]5C4=O)cc3)CC2=O)cc1. The molecule has 186 valence electrons. The maximum Gasteiger partial charge on any atom is 0.316 e. The maximum atomic E-state index is 13.0. The van der Waals surface area contributed by atoms with Crippen LogP contribution in [0.15, 0.2) is 48.5 Å². The summed E-state index contributed by atoms with van der Waals surface area (Å²) in [7, 11) is 0. The Morgan fingerprint density at radius 2 is 1.44 bits per heavy atom. The van der Waals surface area contributed by atoms with E-state index in [-0.39, 0.29) is 42.5 Å². The summed E-state index contributed by atoms with van der Waals surface area (Å²) < 4.78 is 11.0. The van der Waals surface area contributed by atoms with Crippen molar-refractivity contribution >= 4 is 35.1 Å². The Morgan fingerprint density at radius 1 is 0.861 bits per heavy atom. The number of hydrogen-bond acceptors (Lipinski definition) is 6. The molecule has 2 saturated carbocycles. The van der Waals surface area contributed by atoms with Gasteiger partial charge in [0.1, 0.15) is 11.5 Å². The van der Waals surface area contributed by atoms with Gasteiger partial charge in [0.25, 0.3) is 0 Å². The lowest BCUT2D eigenvalue weighted by molar-refractivity contribution is -0.139. The highest BCUT2D eigenvalue weighted by atomic mass is 16.5. The number of ether oxygens (including phenoxy) is 2. The molecule has 2 bridgehead atoms. The molecule has 8 nitrogen and oxygen atoms in total. The standard InChI is InChI=1S/C28H28N2O6/c1-2-35-21-9-5-19(6-10-21)29-15-18(14-23(29)31)28(34)36-22-11-7-20(8-12-22)30-26(32)24-16-3-4-17(13-16)25(24)27(30)33/h5-12,16-18,24-25H,2-4,13-15H2,1H3/t16-,17-,18+,24+,25+/m0/s1. The van der Waals surface area contributed by atoms with Crippen molar-refractivity contribution in [1.82, 2.24) is 0 Å². The molecule has 0 radical (unpaired) electrons. The molecule has 2 aromatic rings. The molecular formula is C28H28N2O6. The fourth-order valence-corrected chi connectivity index (χ4v) is 6.53. The number of fused-ring (bicyclic) bond motifs is 5. The third-order valence-electron chi connectivity index (χ3n) is 8.16. The van der Waals surface area contributed by atoms with E-state index < -0.39 is 11.9 Å². The van der Waals surface area contributed by atoms with Gasteiger partial charge in [-0.1, -0.05) is 0 Å². The number of esters is 1. The summed E-state index contributed by atoms with van der Waals surface area (Å²) >= 11 is 0. The first-order valence-corrected chi connectivity index (χ1v) is 12.7. The van der Waals surface area contributed by atoms with Crippen LogP contribution in [0.25, 0.3) is 0 Å². The molecule has 3 amide bonds. The topological polar surface area (TPSA) is 93.2 Å². The summed E-state index contributed by atoms with van der Waals surface area (Å²) in [6.45, 7) is 2.70. The number of imide groups is 1. The molecule has 36 heavy (non-hydrogen) atoms. The summed E-state index contributed by atoms with van der Waals surface area (Å²) in [4.78, 5) is 54.3. The number of nitrogens with zero attached hydrogens (tertiary/aromatic N) is 2. The van der Waals surface area contributed by atoms with Crippen molar-refractivity contribution in [2.24, 2.45) is 29.6 Å². The van der Waals surface area contributed by atoms with Crippen molar-refractivity contribution in [3.8, 4) is 11.5 Å². The van der Waals surface area contributed by atoms with E-state index in [1.807, 2.05) is 6.92 Å². The lowest BCUT2D eigenvalue weighted by Gasteiger charge is -2.19. The Hall–Kier alpha value is -3.68. The first-order chi connectivity index (χ1) is 17.4. The van der Waals surface area contributed by atoms with Gasteiger partial charge in [-0.25, -0.2) is 0 Å². The molecule has 2 aliphatic carbocycles. The number of carbonyl (C=O) groups is 4. The lowest BCUT2D eigenvalue weighted by Crippen LogP contribution is -2.32. The molecule has 4 aliphatic rings. The quantitative estimate of drug-likeness (QED) is 0.351. The van der Waals surface area contributed by atoms with Crippen LogP contribution in [-0.4, -0.2) is 36.8 Å². The highest BCUT2D eigenvalue weighted by Crippen LogP contribution is 2.56. The van der Waals surface area contributed by atoms with Crippen LogP contribution >= 0.6 is 0 Å². The van der Waals surface area contributed by atoms with Crippen LogP contribution in [0.3, 0.4) is 0 Å². The van der Waals surface area contributed by atoms with E-state index in [1.54, 1.807) is 53.4 Å². The zero-order valence-electron chi connectivity index (χ0n) is 20.1. The van der Waals surface area contributed by atoms with Crippen molar-refractivity contribution in [2.45, 2.75) is 32.6 Å². The first-order valence-electron chi connectivity index (χ1n) is 12.7. The normalized spacial score (nSPS) is 28.7. The molecule has 2 saturated heterocycles. The maximum absolute atomic E-state index is 13.0. The second-order valence-electron chi connectivity index (χ2n) is 10.1. The first kappa shape index (κ1) is 22.8. The minimum absolute atomic E-state index is 0.0754. The molecule has 0 N–H and O–H groups in total. The monoisotopic (exact) mass is 488 g/mol. The minimum Gasteiger partial charge on any atom is -0.494 e. The molecule has 0 aromatic heterocycles. The average molecular weight is 489 g/mol. The zero-order chi connectivity index (χ0) is 25.0. The predicted octanol–water partition coefficient (Wildman–Crippen LogP) is 3.58. The van der Waals surface area contributed by atoms with Crippen LogP contribution in [0.2, 0.25) is 0 Å². The largest absolute Gasteiger partial charge is 0.494 e. The molecule has 5 atom stereocenters. The number of amides is 3. The molecule has 2 aliphatic heterocycles. The van der Waals surface area contributed by atoms with Crippen LogP contribution < -0.4 is 19.3 Å². The van der Waals surface area contributed by atoms with Crippen LogP contribution in [0.5, 0.6) is 11.5 Å². The molecule has 0 spiro atoms. The molecule has 2 aromatic carbocycles. The number of carbonyl (C=O) groups excluding carboxylic acids is 4. The number of benzene rings is 2. The Labute approximate surface area is 209 Å². The van der Waals surface area contributed by atoms with Crippen molar-refractivity contribution in [2.75, 3.05) is 23.0 Å². The third kappa shape index (κ3) is 3.67. The van der Waals surface area contributed by atoms with Crippen LogP contribution in [0, 0.1) is 29.6 Å². The van der Waals surface area contributed by atoms with E-state index in [0.29, 0.717) is 35.6 Å². The van der Waals surface area contributed by atoms with Gasteiger partial charge in [0, 0.05) is 18.7 Å². The second-order valence-corrected chi connectivity index (χ2v) is 10.1. The second kappa shape index (κ2) is 8.76. The number of rotatable bonds is 6. The van der Waals surface area contributed by atoms with Gasteiger partial charge in [-0.15, -0.1) is 0 Å². The van der Waals surface area contributed by atoms with E-state index in [2.05, 4.69) is 0 Å². The highest BCUT2D eigenvalue weighted by Gasteiger charge is 2.61. The van der Waals surface area contributed by atoms with Crippen molar-refractivity contribution in [3.63, 3.8) is 0 Å². The fourth-order valence-electron chi connectivity index (χ4n) is 6.53. The number of hydrogen-bond donors (Lipinski definition) is 0. The van der Waals surface area contributed by atoms with Crippen molar-refractivity contribution in [3.05, 3.63) is 48.5 Å². The van der Waals surface area contributed by atoms with Gasteiger partial charge in [-0.2, -0.15) is 0 Å². The molecular weight excluding hydrogens is 460 g/mol. The van der Waals surface area contributed by atoms with Crippen molar-refractivity contribution in [1.29, 1.82) is 0 Å². The Morgan fingerprint density at radius 3 is 2.06 bits per heavy atom. The van der Waals surface area contributed by atoms with Gasteiger partial charge in [-0.3, -0.25) is 24.1 Å². The molecule has 2 heterocycles. The van der Waals surface area contributed by atoms with Gasteiger partial charge in [0.2, 0.25) is 17.7 Å². The molecule has 8 heteroatoms. The van der Waals surface area contributed by atoms with E-state index in [4.69, 9.17) is 9.47 Å². The van der Waals surface area contributed by atoms with E-state index in [0.717, 1.165) is 25.0 Å². The Kier molecular flexibility index (Phi) is 5.54. The van der Waals surface area contributed by atoms with E-state index in [1.165, 1.54) is 4.90 Å². The summed E-state index contributed by atoms with van der Waals surface area (Å²) in [6, 6.07) is 13.7. The molecule has 4 fully saturated rings. The van der Waals surface area contributed by atoms with Crippen LogP contribution in [0.4, 0.5) is 11.4 Å². The van der Waals surface area contributed by atoms with Gasteiger partial charge in [0.15, 0.2) is 0 Å². The average Bonchev–Trinajstić information content (AvgIpc) is 3.64. The van der Waals surface area contributed by atoms with Crippen LogP contribution in [0.1, 0.15) is 32.6 Å². The van der Waals surface area contributed by atoms with Crippen LogP contribution in [-0.2, 0) is 19.2 Å². The van der Waals surface area contributed by atoms with Gasteiger partial charge in [-0.05, 0) is 86.6 Å². The van der Waals surface area contributed by atoms with Gasteiger partial charge >= 0.3 is 5.97 Å². The van der Waals surface area contributed by atoms with Gasteiger partial charge < -0.3 is 14.4 Å². The Bertz CT molecular complexity index is 1200. The van der Waals surface area contributed by atoms with Gasteiger partial charge in [0.05, 0.1) is 30.0 Å². The van der Waals surface area contributed by atoms with E-state index in [9.17, 15) is 19.2 Å². The third-order valence-corrected chi connectivity index (χ3v) is 8.16. The molecule has 0 unspecified atom stereocenters. The lowest BCUT2D eigenvalue weighted by atomic mass is 9.81. The summed E-state index contributed by atoms with van der Waals surface area (Å²) in [5.74, 6) is -0.0434. The predicted molar refractivity (Wildman–Crippen MR) is 130 cm³/mol. The Balaban J connectivity index is 1.10. The fraction of sp³-hybridized carbons (Fsp3) is 0.429. The summed E-state index contributed by atoms with van der Waals surface area (Å²) in [6.07, 6.45) is 3.14.